The van der Waals surface area contributed by atoms with Crippen molar-refractivity contribution < 1.29 is 26.3 Å². The number of carbonyl (C=O) groups is 1. The topological polar surface area (TPSA) is 17.1 Å². The van der Waals surface area contributed by atoms with Crippen molar-refractivity contribution in [2.45, 2.75) is 111 Å². The van der Waals surface area contributed by atoms with Gasteiger partial charge in [-0.15, -0.1) is 0 Å². The largest absolute Gasteiger partial charge is 1.00 e. The summed E-state index contributed by atoms with van der Waals surface area (Å²) in [6.07, 6.45) is 19.5. The highest BCUT2D eigenvalue weighted by Crippen LogP contribution is 2.14. The summed E-state index contributed by atoms with van der Waals surface area (Å²) in [6.45, 7) is 12.8. The number of ketones is 1. The fraction of sp³-hybridized carbons (Fsp3) is 0.875. The van der Waals surface area contributed by atoms with Gasteiger partial charge in [0.25, 0.3) is 0 Å². The highest BCUT2D eigenvalue weighted by molar-refractivity contribution is 5.95. The van der Waals surface area contributed by atoms with Crippen LogP contribution in [0.4, 0.5) is 0 Å². The van der Waals surface area contributed by atoms with Crippen LogP contribution in [-0.4, -0.2) is 36.9 Å². The van der Waals surface area contributed by atoms with Gasteiger partial charge in [0.05, 0.1) is 20.1 Å². The van der Waals surface area contributed by atoms with E-state index in [-0.39, 0.29) is 22.8 Å². The lowest BCUT2D eigenvalue weighted by atomic mass is 10.0. The van der Waals surface area contributed by atoms with Gasteiger partial charge < -0.3 is 21.5 Å². The Morgan fingerprint density at radius 3 is 1.44 bits per heavy atom. The van der Waals surface area contributed by atoms with Gasteiger partial charge in [-0.3, -0.25) is 4.79 Å². The van der Waals surface area contributed by atoms with Gasteiger partial charge in [0.15, 0.2) is 0 Å². The molecule has 3 heteroatoms. The van der Waals surface area contributed by atoms with E-state index in [4.69, 9.17) is 0 Å². The van der Waals surface area contributed by atoms with Crippen LogP contribution in [0.25, 0.3) is 0 Å². The molecule has 0 fully saturated rings. The van der Waals surface area contributed by atoms with Crippen LogP contribution < -0.4 is 17.0 Å². The monoisotopic (exact) mass is 445 g/mol. The van der Waals surface area contributed by atoms with Crippen LogP contribution in [0.1, 0.15) is 111 Å². The van der Waals surface area contributed by atoms with Gasteiger partial charge >= 0.3 is 0 Å². The van der Waals surface area contributed by atoms with Crippen LogP contribution in [-0.2, 0) is 4.79 Å². The van der Waals surface area contributed by atoms with Crippen LogP contribution in [0.2, 0.25) is 0 Å². The van der Waals surface area contributed by atoms with Gasteiger partial charge in [-0.05, 0) is 32.3 Å². The minimum absolute atomic E-state index is 0. The van der Waals surface area contributed by atoms with Crippen molar-refractivity contribution in [3.05, 3.63) is 12.2 Å². The average molecular weight is 447 g/mol. The fourth-order valence-corrected chi connectivity index (χ4v) is 3.52. The predicted molar refractivity (Wildman–Crippen MR) is 117 cm³/mol. The SMILES string of the molecule is C=C(C)C(=O)C[N+](C)(CC)CCCCCCCCCCCCCCCC.[Br-]. The lowest BCUT2D eigenvalue weighted by Gasteiger charge is -2.32. The molecule has 0 aliphatic heterocycles. The van der Waals surface area contributed by atoms with Gasteiger partial charge in [0.1, 0.15) is 6.54 Å². The molecule has 0 saturated carbocycles. The van der Waals surface area contributed by atoms with Gasteiger partial charge in [0, 0.05) is 0 Å². The Labute approximate surface area is 181 Å². The number of hydrogen-bond acceptors (Lipinski definition) is 1. The summed E-state index contributed by atoms with van der Waals surface area (Å²) in [5, 5.41) is 0. The first kappa shape index (κ1) is 29.1. The molecule has 0 saturated heterocycles. The summed E-state index contributed by atoms with van der Waals surface area (Å²) in [7, 11) is 2.21. The Balaban J connectivity index is 0. The van der Waals surface area contributed by atoms with Crippen LogP contribution in [0.15, 0.2) is 12.2 Å². The second-order valence-corrected chi connectivity index (χ2v) is 8.62. The van der Waals surface area contributed by atoms with Crippen LogP contribution in [0, 0.1) is 0 Å². The number of quaternary nitrogens is 1. The molecule has 0 heterocycles. The van der Waals surface area contributed by atoms with E-state index >= 15 is 0 Å². The lowest BCUT2D eigenvalue weighted by molar-refractivity contribution is -0.900. The third-order valence-electron chi connectivity index (χ3n) is 5.82. The number of Topliss-reactive ketones (excluding diaryl/α,β-unsaturated/α-hetero) is 1. The van der Waals surface area contributed by atoms with Crippen molar-refractivity contribution in [2.24, 2.45) is 0 Å². The first-order valence-corrected chi connectivity index (χ1v) is 11.5. The molecule has 0 aromatic carbocycles. The highest BCUT2D eigenvalue weighted by atomic mass is 79.9. The van der Waals surface area contributed by atoms with Crippen molar-refractivity contribution in [1.82, 2.24) is 0 Å². The molecule has 0 aliphatic rings. The van der Waals surface area contributed by atoms with Crippen LogP contribution in [0.5, 0.6) is 0 Å². The second-order valence-electron chi connectivity index (χ2n) is 8.62. The lowest BCUT2D eigenvalue weighted by Crippen LogP contribution is -3.00. The maximum Gasteiger partial charge on any atom is 0.212 e. The fourth-order valence-electron chi connectivity index (χ4n) is 3.52. The predicted octanol–water partition coefficient (Wildman–Crippen LogP) is 4.08. The number of nitrogens with zero attached hydrogens (tertiary/aromatic N) is 1. The highest BCUT2D eigenvalue weighted by Gasteiger charge is 2.22. The zero-order valence-corrected chi connectivity index (χ0v) is 20.5. The molecule has 0 aliphatic carbocycles. The molecule has 0 N–H and O–H groups in total. The molecule has 0 aromatic heterocycles. The number of likely N-dealkylation sites (N-methyl/N-ethyl adjacent to an activating group) is 1. The Morgan fingerprint density at radius 2 is 1.11 bits per heavy atom. The molecule has 1 atom stereocenters. The minimum Gasteiger partial charge on any atom is -1.00 e. The molecule has 0 aromatic rings. The molecule has 27 heavy (non-hydrogen) atoms. The number of hydrogen-bond donors (Lipinski definition) is 0. The molecule has 0 amide bonds. The average Bonchev–Trinajstić information content (AvgIpc) is 2.61. The standard InChI is InChI=1S/C24H48NO.BrH/c1-6-8-9-10-11-12-13-14-15-16-17-18-19-20-21-25(5,7-2)22-24(26)23(3)4;/h3,6-22H2,1-2,4-5H3;1H/q+1;/p-1. The van der Waals surface area contributed by atoms with E-state index < -0.39 is 0 Å². The summed E-state index contributed by atoms with van der Waals surface area (Å²) in [6, 6.07) is 0. The first-order chi connectivity index (χ1) is 12.4. The van der Waals surface area contributed by atoms with Crippen molar-refractivity contribution >= 4 is 5.78 Å². The maximum absolute atomic E-state index is 11.9. The molecular weight excluding hydrogens is 398 g/mol. The Hall–Kier alpha value is -0.150. The van der Waals surface area contributed by atoms with Crippen LogP contribution >= 0.6 is 0 Å². The van der Waals surface area contributed by atoms with E-state index in [2.05, 4.69) is 27.5 Å². The number of rotatable bonds is 19. The summed E-state index contributed by atoms with van der Waals surface area (Å²) >= 11 is 0. The second kappa shape index (κ2) is 19.2. The first-order valence-electron chi connectivity index (χ1n) is 11.5. The van der Waals surface area contributed by atoms with E-state index in [0.717, 1.165) is 17.6 Å². The van der Waals surface area contributed by atoms with E-state index in [9.17, 15) is 4.79 Å². The Morgan fingerprint density at radius 1 is 0.741 bits per heavy atom. The maximum atomic E-state index is 11.9. The quantitative estimate of drug-likeness (QED) is 0.166. The van der Waals surface area contributed by atoms with Crippen molar-refractivity contribution in [3.8, 4) is 0 Å². The summed E-state index contributed by atoms with van der Waals surface area (Å²) in [4.78, 5) is 11.9. The van der Waals surface area contributed by atoms with Crippen molar-refractivity contribution in [2.75, 3.05) is 26.7 Å². The molecule has 0 radical (unpaired) electrons. The third kappa shape index (κ3) is 17.7. The number of carbonyl (C=O) groups excluding carboxylic acids is 1. The van der Waals surface area contributed by atoms with Crippen molar-refractivity contribution in [3.63, 3.8) is 0 Å². The minimum atomic E-state index is 0. The molecular formula is C24H48BrNO. The Bertz CT molecular complexity index is 369. The van der Waals surface area contributed by atoms with E-state index in [1.165, 1.54) is 89.9 Å². The van der Waals surface area contributed by atoms with E-state index in [1.807, 2.05) is 6.92 Å². The van der Waals surface area contributed by atoms with Crippen molar-refractivity contribution in [1.29, 1.82) is 0 Å². The van der Waals surface area contributed by atoms with Crippen LogP contribution in [0.3, 0.4) is 0 Å². The van der Waals surface area contributed by atoms with E-state index in [1.54, 1.807) is 0 Å². The smallest absolute Gasteiger partial charge is 0.212 e. The molecule has 0 rings (SSSR count). The van der Waals surface area contributed by atoms with Gasteiger partial charge in [-0.25, -0.2) is 0 Å². The molecule has 2 nitrogen and oxygen atoms in total. The summed E-state index contributed by atoms with van der Waals surface area (Å²) < 4.78 is 0.865. The van der Waals surface area contributed by atoms with Gasteiger partial charge in [-0.1, -0.05) is 90.6 Å². The molecule has 0 spiro atoms. The Kier molecular flexibility index (Phi) is 20.6. The van der Waals surface area contributed by atoms with Gasteiger partial charge in [0.2, 0.25) is 5.78 Å². The third-order valence-corrected chi connectivity index (χ3v) is 5.82. The number of halogens is 1. The van der Waals surface area contributed by atoms with Gasteiger partial charge in [-0.2, -0.15) is 0 Å². The zero-order chi connectivity index (χ0) is 19.7. The summed E-state index contributed by atoms with van der Waals surface area (Å²) in [5.74, 6) is 0.222. The normalized spacial score (nSPS) is 13.0. The van der Waals surface area contributed by atoms with E-state index in [0.29, 0.717) is 12.1 Å². The summed E-state index contributed by atoms with van der Waals surface area (Å²) in [5.41, 5.74) is 0.698. The zero-order valence-electron chi connectivity index (χ0n) is 19.0. The molecule has 162 valence electrons. The number of unbranched alkanes of at least 4 members (excludes halogenated alkanes) is 13. The molecule has 0 bridgehead atoms. The molecule has 1 unspecified atom stereocenters.